The highest BCUT2D eigenvalue weighted by Crippen LogP contribution is 2.22. The van der Waals surface area contributed by atoms with Gasteiger partial charge in [-0.05, 0) is 24.6 Å². The van der Waals surface area contributed by atoms with Crippen LogP contribution in [-0.2, 0) is 6.42 Å². The molecule has 7 heteroatoms. The molecule has 0 fully saturated rings. The van der Waals surface area contributed by atoms with E-state index in [9.17, 15) is 4.79 Å². The number of carboxylic acid groups (broad SMARTS) is 1. The summed E-state index contributed by atoms with van der Waals surface area (Å²) in [6, 6.07) is 6.72. The molecule has 0 radical (unpaired) electrons. The molecule has 1 aromatic heterocycles. The fourth-order valence-electron chi connectivity index (χ4n) is 1.76. The zero-order valence-corrected chi connectivity index (χ0v) is 11.4. The van der Waals surface area contributed by atoms with Crippen molar-refractivity contribution in [2.24, 2.45) is 0 Å². The molecule has 0 aliphatic heterocycles. The molecule has 1 heterocycles. The maximum Gasteiger partial charge on any atom is 0.375 e. The second kappa shape index (κ2) is 5.72. The van der Waals surface area contributed by atoms with Crippen molar-refractivity contribution in [3.8, 4) is 11.8 Å². The normalized spacial score (nSPS) is 10.2. The van der Waals surface area contributed by atoms with Crippen LogP contribution in [0.2, 0.25) is 5.02 Å². The summed E-state index contributed by atoms with van der Waals surface area (Å²) in [5.41, 5.74) is 0.934. The molecule has 102 valence electrons. The van der Waals surface area contributed by atoms with Crippen LogP contribution in [0.1, 0.15) is 35.4 Å². The van der Waals surface area contributed by atoms with Crippen molar-refractivity contribution in [2.75, 3.05) is 0 Å². The van der Waals surface area contributed by atoms with Crippen molar-refractivity contribution in [3.05, 3.63) is 40.4 Å². The van der Waals surface area contributed by atoms with Crippen molar-refractivity contribution in [1.82, 2.24) is 14.8 Å². The molecule has 2 aromatic rings. The van der Waals surface area contributed by atoms with Crippen molar-refractivity contribution < 1.29 is 9.90 Å². The van der Waals surface area contributed by atoms with E-state index in [0.29, 0.717) is 28.5 Å². The Labute approximate surface area is 120 Å². The van der Waals surface area contributed by atoms with Gasteiger partial charge in [-0.3, -0.25) is 0 Å². The number of aromatic carboxylic acids is 1. The molecule has 20 heavy (non-hydrogen) atoms. The minimum Gasteiger partial charge on any atom is -0.475 e. The summed E-state index contributed by atoms with van der Waals surface area (Å²) in [4.78, 5) is 15.0. The lowest BCUT2D eigenvalue weighted by Crippen LogP contribution is -2.04. The molecule has 0 aliphatic rings. The molecule has 1 N–H and O–H groups in total. The lowest BCUT2D eigenvalue weighted by molar-refractivity contribution is 0.0683. The van der Waals surface area contributed by atoms with Crippen molar-refractivity contribution >= 4 is 17.6 Å². The van der Waals surface area contributed by atoms with Crippen molar-refractivity contribution in [3.63, 3.8) is 0 Å². The third kappa shape index (κ3) is 2.63. The van der Waals surface area contributed by atoms with Gasteiger partial charge in [0, 0.05) is 6.42 Å². The number of nitrogens with zero attached hydrogens (tertiary/aromatic N) is 4. The molecule has 0 spiro atoms. The maximum absolute atomic E-state index is 11.0. The second-order valence-electron chi connectivity index (χ2n) is 4.10. The number of nitriles is 1. The minimum absolute atomic E-state index is 0.270. The molecular weight excluding hydrogens is 280 g/mol. The summed E-state index contributed by atoms with van der Waals surface area (Å²) < 4.78 is 1.41. The molecular formula is C13H11ClN4O2. The van der Waals surface area contributed by atoms with Gasteiger partial charge in [-0.2, -0.15) is 5.26 Å². The summed E-state index contributed by atoms with van der Waals surface area (Å²) in [5.74, 6) is -0.934. The van der Waals surface area contributed by atoms with Gasteiger partial charge in [0.1, 0.15) is 5.82 Å². The predicted octanol–water partition coefficient (Wildman–Crippen LogP) is 2.44. The first-order valence-electron chi connectivity index (χ1n) is 5.96. The molecule has 0 amide bonds. The van der Waals surface area contributed by atoms with Crippen molar-refractivity contribution in [1.29, 1.82) is 5.26 Å². The van der Waals surface area contributed by atoms with Crippen LogP contribution in [0, 0.1) is 11.3 Å². The zero-order valence-electron chi connectivity index (χ0n) is 10.7. The maximum atomic E-state index is 11.0. The third-order valence-corrected chi connectivity index (χ3v) is 2.95. The Kier molecular flexibility index (Phi) is 4.01. The van der Waals surface area contributed by atoms with E-state index in [4.69, 9.17) is 22.0 Å². The van der Waals surface area contributed by atoms with Crippen LogP contribution in [-0.4, -0.2) is 25.8 Å². The summed E-state index contributed by atoms with van der Waals surface area (Å²) in [6.45, 7) is 1.96. The Morgan fingerprint density at radius 3 is 2.85 bits per heavy atom. The lowest BCUT2D eigenvalue weighted by Gasteiger charge is -2.07. The highest BCUT2D eigenvalue weighted by atomic mass is 35.5. The number of rotatable bonds is 4. The van der Waals surface area contributed by atoms with Gasteiger partial charge in [-0.25, -0.2) is 14.5 Å². The number of aromatic nitrogens is 3. The SMILES string of the molecule is CCCc1nc(C(=O)O)nn1-c1ccc(C#N)cc1Cl. The first kappa shape index (κ1) is 14.0. The molecule has 6 nitrogen and oxygen atoms in total. The lowest BCUT2D eigenvalue weighted by atomic mass is 10.2. The fourth-order valence-corrected chi connectivity index (χ4v) is 2.02. The molecule has 0 unspecified atom stereocenters. The van der Waals surface area contributed by atoms with Gasteiger partial charge in [-0.15, -0.1) is 5.10 Å². The summed E-state index contributed by atoms with van der Waals surface area (Å²) >= 11 is 6.12. The van der Waals surface area contributed by atoms with E-state index in [1.807, 2.05) is 13.0 Å². The summed E-state index contributed by atoms with van der Waals surface area (Å²) in [5, 5.41) is 22.1. The molecule has 0 saturated heterocycles. The van der Waals surface area contributed by atoms with Gasteiger partial charge >= 0.3 is 5.97 Å². The van der Waals surface area contributed by atoms with Crippen LogP contribution < -0.4 is 0 Å². The largest absolute Gasteiger partial charge is 0.475 e. The highest BCUT2D eigenvalue weighted by molar-refractivity contribution is 6.32. The van der Waals surface area contributed by atoms with Gasteiger partial charge in [0.2, 0.25) is 0 Å². The van der Waals surface area contributed by atoms with Gasteiger partial charge in [-0.1, -0.05) is 18.5 Å². The second-order valence-corrected chi connectivity index (χ2v) is 4.50. The first-order chi connectivity index (χ1) is 9.56. The Morgan fingerprint density at radius 1 is 1.55 bits per heavy atom. The Balaban J connectivity index is 2.56. The molecule has 0 aliphatic carbocycles. The van der Waals surface area contributed by atoms with E-state index in [2.05, 4.69) is 10.1 Å². The zero-order chi connectivity index (χ0) is 14.7. The molecule has 2 rings (SSSR count). The number of carbonyl (C=O) groups is 1. The smallest absolute Gasteiger partial charge is 0.375 e. The number of carboxylic acids is 1. The molecule has 0 bridgehead atoms. The number of hydrogen-bond donors (Lipinski definition) is 1. The van der Waals surface area contributed by atoms with E-state index in [0.717, 1.165) is 6.42 Å². The van der Waals surface area contributed by atoms with Crippen LogP contribution in [0.5, 0.6) is 0 Å². The molecule has 0 atom stereocenters. The Hall–Kier alpha value is -2.39. The first-order valence-corrected chi connectivity index (χ1v) is 6.34. The van der Waals surface area contributed by atoms with Crippen LogP contribution in [0.15, 0.2) is 18.2 Å². The number of hydrogen-bond acceptors (Lipinski definition) is 4. The average Bonchev–Trinajstić information content (AvgIpc) is 2.83. The molecule has 0 saturated carbocycles. The minimum atomic E-state index is -1.19. The van der Waals surface area contributed by atoms with Crippen LogP contribution in [0.3, 0.4) is 0 Å². The predicted molar refractivity (Wildman–Crippen MR) is 72.0 cm³/mol. The third-order valence-electron chi connectivity index (χ3n) is 2.64. The number of aryl methyl sites for hydroxylation is 1. The van der Waals surface area contributed by atoms with E-state index < -0.39 is 5.97 Å². The fraction of sp³-hybridized carbons (Fsp3) is 0.231. The van der Waals surface area contributed by atoms with Crippen LogP contribution in [0.4, 0.5) is 0 Å². The van der Waals surface area contributed by atoms with E-state index in [-0.39, 0.29) is 5.82 Å². The highest BCUT2D eigenvalue weighted by Gasteiger charge is 2.17. The Bertz CT molecular complexity index is 703. The summed E-state index contributed by atoms with van der Waals surface area (Å²) in [7, 11) is 0. The quantitative estimate of drug-likeness (QED) is 0.933. The average molecular weight is 291 g/mol. The number of halogens is 1. The molecule has 1 aromatic carbocycles. The van der Waals surface area contributed by atoms with Crippen molar-refractivity contribution in [2.45, 2.75) is 19.8 Å². The van der Waals surface area contributed by atoms with E-state index in [1.165, 1.54) is 10.7 Å². The van der Waals surface area contributed by atoms with Crippen LogP contribution >= 0.6 is 11.6 Å². The van der Waals surface area contributed by atoms with Crippen LogP contribution in [0.25, 0.3) is 5.69 Å². The monoisotopic (exact) mass is 290 g/mol. The topological polar surface area (TPSA) is 91.8 Å². The Morgan fingerprint density at radius 2 is 2.30 bits per heavy atom. The van der Waals surface area contributed by atoms with E-state index >= 15 is 0 Å². The van der Waals surface area contributed by atoms with Gasteiger partial charge in [0.25, 0.3) is 5.82 Å². The van der Waals surface area contributed by atoms with E-state index in [1.54, 1.807) is 12.1 Å². The standard InChI is InChI=1S/C13H11ClN4O2/c1-2-3-11-16-12(13(19)20)17-18(11)10-5-4-8(7-15)6-9(10)14/h4-6H,2-3H2,1H3,(H,19,20). The van der Waals surface area contributed by atoms with Gasteiger partial charge < -0.3 is 5.11 Å². The van der Waals surface area contributed by atoms with Gasteiger partial charge in [0.15, 0.2) is 0 Å². The number of benzene rings is 1. The van der Waals surface area contributed by atoms with Gasteiger partial charge in [0.05, 0.1) is 22.3 Å². The summed E-state index contributed by atoms with van der Waals surface area (Å²) in [6.07, 6.45) is 1.38.